The minimum absolute atomic E-state index is 0.196. The first-order chi connectivity index (χ1) is 13.7. The number of anilines is 1. The zero-order valence-corrected chi connectivity index (χ0v) is 15.3. The van der Waals surface area contributed by atoms with E-state index in [1.807, 2.05) is 72.8 Å². The van der Waals surface area contributed by atoms with Gasteiger partial charge in [-0.2, -0.15) is 0 Å². The van der Waals surface area contributed by atoms with Crippen molar-refractivity contribution in [3.63, 3.8) is 0 Å². The second-order valence-corrected chi connectivity index (χ2v) is 6.31. The maximum absolute atomic E-state index is 12.9. The van der Waals surface area contributed by atoms with Gasteiger partial charge >= 0.3 is 6.03 Å². The number of rotatable bonds is 6. The lowest BCUT2D eigenvalue weighted by Crippen LogP contribution is -2.34. The van der Waals surface area contributed by atoms with Crippen LogP contribution in [0.5, 0.6) is 0 Å². The van der Waals surface area contributed by atoms with E-state index in [0.717, 1.165) is 16.8 Å². The van der Waals surface area contributed by atoms with Gasteiger partial charge in [0.15, 0.2) is 0 Å². The number of amides is 3. The summed E-state index contributed by atoms with van der Waals surface area (Å²) in [6.07, 6.45) is 0. The number of hydrogen-bond acceptors (Lipinski definition) is 3. The maximum atomic E-state index is 12.9. The number of hydrazine groups is 1. The lowest BCUT2D eigenvalue weighted by atomic mass is 10.1. The first kappa shape index (κ1) is 19.1. The highest BCUT2D eigenvalue weighted by Crippen LogP contribution is 2.14. The second-order valence-electron chi connectivity index (χ2n) is 6.31. The Balaban J connectivity index is 1.77. The number of urea groups is 1. The smallest absolute Gasteiger partial charge is 0.316 e. The van der Waals surface area contributed by atoms with Gasteiger partial charge in [0.2, 0.25) is 0 Å². The van der Waals surface area contributed by atoms with Crippen LogP contribution in [0.2, 0.25) is 0 Å². The van der Waals surface area contributed by atoms with E-state index >= 15 is 0 Å². The molecule has 0 spiro atoms. The van der Waals surface area contributed by atoms with Crippen molar-refractivity contribution in [2.24, 2.45) is 5.84 Å². The van der Waals surface area contributed by atoms with Crippen molar-refractivity contribution in [1.82, 2.24) is 10.3 Å². The van der Waals surface area contributed by atoms with Crippen LogP contribution < -0.4 is 16.6 Å². The molecule has 3 amide bonds. The summed E-state index contributed by atoms with van der Waals surface area (Å²) in [6, 6.07) is 26.0. The molecule has 0 fully saturated rings. The average molecular weight is 374 g/mol. The number of nitrogen functional groups attached to an aromatic ring is 1. The minimum atomic E-state index is -0.352. The third-order valence-electron chi connectivity index (χ3n) is 4.25. The number of nitrogens with zero attached hydrogens (tertiary/aromatic N) is 1. The molecule has 3 rings (SSSR count). The first-order valence-corrected chi connectivity index (χ1v) is 8.90. The summed E-state index contributed by atoms with van der Waals surface area (Å²) in [7, 11) is 0. The fourth-order valence-corrected chi connectivity index (χ4v) is 2.79. The van der Waals surface area contributed by atoms with Crippen LogP contribution in [0.15, 0.2) is 84.9 Å². The normalized spacial score (nSPS) is 10.2. The molecule has 3 aromatic carbocycles. The molecule has 0 saturated heterocycles. The summed E-state index contributed by atoms with van der Waals surface area (Å²) in [5, 5.41) is 2.93. The van der Waals surface area contributed by atoms with E-state index in [0.29, 0.717) is 18.7 Å². The molecule has 6 nitrogen and oxygen atoms in total. The number of benzene rings is 3. The maximum Gasteiger partial charge on any atom is 0.322 e. The molecule has 0 aliphatic carbocycles. The van der Waals surface area contributed by atoms with Crippen molar-refractivity contribution in [2.75, 3.05) is 5.32 Å². The van der Waals surface area contributed by atoms with Gasteiger partial charge in [-0.1, -0.05) is 60.7 Å². The van der Waals surface area contributed by atoms with E-state index in [-0.39, 0.29) is 11.9 Å². The molecule has 6 heteroatoms. The molecule has 0 unspecified atom stereocenters. The SMILES string of the molecule is NNC(=O)c1ccc(CN(Cc2ccccc2)C(=O)Nc2ccccc2)cc1. The molecule has 0 aromatic heterocycles. The van der Waals surface area contributed by atoms with Crippen LogP contribution in [-0.4, -0.2) is 16.8 Å². The van der Waals surface area contributed by atoms with Crippen molar-refractivity contribution < 1.29 is 9.59 Å². The summed E-state index contributed by atoms with van der Waals surface area (Å²) < 4.78 is 0. The van der Waals surface area contributed by atoms with Gasteiger partial charge in [-0.25, -0.2) is 10.6 Å². The lowest BCUT2D eigenvalue weighted by molar-refractivity contribution is 0.0953. The molecule has 0 aliphatic heterocycles. The third-order valence-corrected chi connectivity index (χ3v) is 4.25. The molecule has 3 aromatic rings. The molecular formula is C22H22N4O2. The topological polar surface area (TPSA) is 87.5 Å². The number of carbonyl (C=O) groups excluding carboxylic acids is 2. The highest BCUT2D eigenvalue weighted by atomic mass is 16.2. The number of hydrogen-bond donors (Lipinski definition) is 3. The number of nitrogens with one attached hydrogen (secondary N) is 2. The standard InChI is InChI=1S/C22H22N4O2/c23-25-21(27)19-13-11-18(12-14-19)16-26(15-17-7-3-1-4-8-17)22(28)24-20-9-5-2-6-10-20/h1-14H,15-16,23H2,(H,24,28)(H,25,27). The fraction of sp³-hybridized carbons (Fsp3) is 0.0909. The Bertz CT molecular complexity index is 912. The highest BCUT2D eigenvalue weighted by Gasteiger charge is 2.15. The van der Waals surface area contributed by atoms with Crippen LogP contribution in [0.25, 0.3) is 0 Å². The second kappa shape index (κ2) is 9.34. The molecule has 142 valence electrons. The molecule has 0 radical (unpaired) electrons. The van der Waals surface area contributed by atoms with Gasteiger partial charge in [0, 0.05) is 24.3 Å². The monoisotopic (exact) mass is 374 g/mol. The van der Waals surface area contributed by atoms with Crippen molar-refractivity contribution in [2.45, 2.75) is 13.1 Å². The molecule has 0 saturated carbocycles. The van der Waals surface area contributed by atoms with Crippen molar-refractivity contribution in [3.8, 4) is 0 Å². The number of para-hydroxylation sites is 1. The predicted molar refractivity (Wildman–Crippen MR) is 109 cm³/mol. The molecular weight excluding hydrogens is 352 g/mol. The van der Waals surface area contributed by atoms with Crippen molar-refractivity contribution in [1.29, 1.82) is 0 Å². The zero-order chi connectivity index (χ0) is 19.8. The molecule has 0 bridgehead atoms. The summed E-state index contributed by atoms with van der Waals surface area (Å²) in [5.74, 6) is 4.81. The van der Waals surface area contributed by atoms with Gasteiger partial charge in [0.25, 0.3) is 5.91 Å². The number of carbonyl (C=O) groups is 2. The van der Waals surface area contributed by atoms with Gasteiger partial charge in [0.1, 0.15) is 0 Å². The quantitative estimate of drug-likeness (QED) is 0.350. The minimum Gasteiger partial charge on any atom is -0.316 e. The van der Waals surface area contributed by atoms with Gasteiger partial charge in [-0.3, -0.25) is 10.2 Å². The van der Waals surface area contributed by atoms with Gasteiger partial charge < -0.3 is 10.2 Å². The zero-order valence-electron chi connectivity index (χ0n) is 15.3. The molecule has 0 aliphatic rings. The van der Waals surface area contributed by atoms with E-state index in [1.54, 1.807) is 17.0 Å². The van der Waals surface area contributed by atoms with Crippen LogP contribution in [-0.2, 0) is 13.1 Å². The van der Waals surface area contributed by atoms with Crippen LogP contribution in [0, 0.1) is 0 Å². The third kappa shape index (κ3) is 5.18. The molecule has 28 heavy (non-hydrogen) atoms. The van der Waals surface area contributed by atoms with Crippen molar-refractivity contribution >= 4 is 17.6 Å². The predicted octanol–water partition coefficient (Wildman–Crippen LogP) is 3.52. The van der Waals surface area contributed by atoms with Gasteiger partial charge in [-0.05, 0) is 35.4 Å². The first-order valence-electron chi connectivity index (χ1n) is 8.90. The van der Waals surface area contributed by atoms with Crippen LogP contribution >= 0.6 is 0 Å². The molecule has 4 N–H and O–H groups in total. The summed E-state index contributed by atoms with van der Waals surface area (Å²) in [6.45, 7) is 0.864. The Morgan fingerprint density at radius 2 is 1.29 bits per heavy atom. The highest BCUT2D eigenvalue weighted by molar-refractivity contribution is 5.93. The Morgan fingerprint density at radius 1 is 0.750 bits per heavy atom. The Labute approximate surface area is 163 Å². The van der Waals surface area contributed by atoms with Crippen LogP contribution in [0.4, 0.5) is 10.5 Å². The van der Waals surface area contributed by atoms with Crippen LogP contribution in [0.1, 0.15) is 21.5 Å². The van der Waals surface area contributed by atoms with Crippen molar-refractivity contribution in [3.05, 3.63) is 102 Å². The Morgan fingerprint density at radius 3 is 1.86 bits per heavy atom. The summed E-state index contributed by atoms with van der Waals surface area (Å²) in [5.41, 5.74) is 5.25. The molecule has 0 heterocycles. The molecule has 0 atom stereocenters. The summed E-state index contributed by atoms with van der Waals surface area (Å²) >= 11 is 0. The van der Waals surface area contributed by atoms with E-state index in [1.165, 1.54) is 0 Å². The van der Waals surface area contributed by atoms with Gasteiger partial charge in [-0.15, -0.1) is 0 Å². The van der Waals surface area contributed by atoms with Gasteiger partial charge in [0.05, 0.1) is 0 Å². The largest absolute Gasteiger partial charge is 0.322 e. The fourth-order valence-electron chi connectivity index (χ4n) is 2.79. The number of nitrogens with two attached hydrogens (primary N) is 1. The lowest BCUT2D eigenvalue weighted by Gasteiger charge is -2.23. The Hall–Kier alpha value is -3.64. The van der Waals surface area contributed by atoms with E-state index in [4.69, 9.17) is 5.84 Å². The van der Waals surface area contributed by atoms with Crippen LogP contribution in [0.3, 0.4) is 0 Å². The summed E-state index contributed by atoms with van der Waals surface area (Å²) in [4.78, 5) is 26.2. The van der Waals surface area contributed by atoms with E-state index in [9.17, 15) is 9.59 Å². The average Bonchev–Trinajstić information content (AvgIpc) is 2.74. The van der Waals surface area contributed by atoms with E-state index in [2.05, 4.69) is 10.7 Å². The van der Waals surface area contributed by atoms with E-state index < -0.39 is 0 Å². The Kier molecular flexibility index (Phi) is 6.38.